The summed E-state index contributed by atoms with van der Waals surface area (Å²) in [4.78, 5) is 0. The van der Waals surface area contributed by atoms with Gasteiger partial charge in [-0.05, 0) is 29.8 Å². The van der Waals surface area contributed by atoms with E-state index in [0.717, 1.165) is 11.3 Å². The second-order valence-electron chi connectivity index (χ2n) is 3.40. The molecule has 2 aromatic carbocycles. The van der Waals surface area contributed by atoms with E-state index in [1.807, 2.05) is 18.2 Å². The molecule has 0 aliphatic rings. The highest BCUT2D eigenvalue weighted by atomic mass is 35.5. The minimum Gasteiger partial charge on any atom is -0.277 e. The maximum atomic E-state index is 12.6. The molecule has 0 fully saturated rings. The van der Waals surface area contributed by atoms with Crippen LogP contribution in [-0.4, -0.2) is 6.21 Å². The molecule has 1 N–H and O–H groups in total. The largest absolute Gasteiger partial charge is 0.277 e. The Kier molecular flexibility index (Phi) is 3.73. The van der Waals surface area contributed by atoms with E-state index in [0.29, 0.717) is 5.02 Å². The van der Waals surface area contributed by atoms with Crippen molar-refractivity contribution in [2.24, 2.45) is 5.10 Å². The molecule has 86 valence electrons. The first-order valence-electron chi connectivity index (χ1n) is 5.05. The molecule has 0 unspecified atom stereocenters. The Morgan fingerprint density at radius 3 is 2.47 bits per heavy atom. The van der Waals surface area contributed by atoms with Crippen molar-refractivity contribution in [2.75, 3.05) is 5.43 Å². The first-order chi connectivity index (χ1) is 8.25. The molecular formula is C13H10ClFN2. The van der Waals surface area contributed by atoms with E-state index in [9.17, 15) is 4.39 Å². The van der Waals surface area contributed by atoms with Crippen LogP contribution in [0.1, 0.15) is 5.56 Å². The van der Waals surface area contributed by atoms with Crippen LogP contribution in [0.3, 0.4) is 0 Å². The molecule has 0 aromatic heterocycles. The van der Waals surface area contributed by atoms with Gasteiger partial charge in [-0.15, -0.1) is 0 Å². The van der Waals surface area contributed by atoms with Crippen LogP contribution in [-0.2, 0) is 0 Å². The summed E-state index contributed by atoms with van der Waals surface area (Å²) >= 11 is 5.94. The highest BCUT2D eigenvalue weighted by Gasteiger charge is 1.95. The molecule has 0 aliphatic carbocycles. The molecule has 0 saturated heterocycles. The third-order valence-corrected chi connectivity index (χ3v) is 2.47. The van der Waals surface area contributed by atoms with Gasteiger partial charge >= 0.3 is 0 Å². The lowest BCUT2D eigenvalue weighted by atomic mass is 10.2. The predicted molar refractivity (Wildman–Crippen MR) is 69.1 cm³/mol. The van der Waals surface area contributed by atoms with Crippen LogP contribution in [0.5, 0.6) is 0 Å². The van der Waals surface area contributed by atoms with Gasteiger partial charge in [-0.25, -0.2) is 4.39 Å². The highest BCUT2D eigenvalue weighted by molar-refractivity contribution is 6.33. The summed E-state index contributed by atoms with van der Waals surface area (Å²) in [5, 5.41) is 4.62. The number of nitrogens with one attached hydrogen (secondary N) is 1. The zero-order valence-corrected chi connectivity index (χ0v) is 9.66. The molecule has 2 nitrogen and oxygen atoms in total. The van der Waals surface area contributed by atoms with E-state index < -0.39 is 0 Å². The lowest BCUT2D eigenvalue weighted by Crippen LogP contribution is -1.91. The zero-order chi connectivity index (χ0) is 12.1. The molecule has 0 heterocycles. The number of rotatable bonds is 3. The Balaban J connectivity index is 2.03. The maximum absolute atomic E-state index is 12.6. The lowest BCUT2D eigenvalue weighted by molar-refractivity contribution is 0.628. The first-order valence-corrected chi connectivity index (χ1v) is 5.43. The van der Waals surface area contributed by atoms with Crippen molar-refractivity contribution in [1.29, 1.82) is 0 Å². The van der Waals surface area contributed by atoms with Gasteiger partial charge < -0.3 is 0 Å². The predicted octanol–water partition coefficient (Wildman–Crippen LogP) is 3.93. The molecule has 0 saturated carbocycles. The average Bonchev–Trinajstić information content (AvgIpc) is 2.34. The maximum Gasteiger partial charge on any atom is 0.123 e. The quantitative estimate of drug-likeness (QED) is 0.646. The summed E-state index contributed by atoms with van der Waals surface area (Å²) in [5.74, 6) is -0.263. The zero-order valence-electron chi connectivity index (χ0n) is 8.90. The van der Waals surface area contributed by atoms with Crippen LogP contribution in [0, 0.1) is 5.82 Å². The number of hydrazone groups is 1. The third kappa shape index (κ3) is 3.29. The molecule has 0 spiro atoms. The SMILES string of the molecule is Fc1ccc(/C=N\Nc2ccccc2Cl)cc1. The monoisotopic (exact) mass is 248 g/mol. The summed E-state index contributed by atoms with van der Waals surface area (Å²) < 4.78 is 12.6. The normalized spacial score (nSPS) is 10.7. The fourth-order valence-electron chi connectivity index (χ4n) is 1.28. The molecule has 0 radical (unpaired) electrons. The van der Waals surface area contributed by atoms with Crippen molar-refractivity contribution in [3.8, 4) is 0 Å². The Morgan fingerprint density at radius 1 is 1.06 bits per heavy atom. The number of anilines is 1. The number of hydrogen-bond acceptors (Lipinski definition) is 2. The molecular weight excluding hydrogens is 239 g/mol. The number of benzene rings is 2. The molecule has 2 aromatic rings. The summed E-state index contributed by atoms with van der Waals surface area (Å²) in [6.45, 7) is 0. The summed E-state index contributed by atoms with van der Waals surface area (Å²) in [6.07, 6.45) is 1.60. The van der Waals surface area contributed by atoms with E-state index in [2.05, 4.69) is 10.5 Å². The number of hydrogen-bond donors (Lipinski definition) is 1. The molecule has 0 aliphatic heterocycles. The van der Waals surface area contributed by atoms with Crippen molar-refractivity contribution < 1.29 is 4.39 Å². The Morgan fingerprint density at radius 2 is 1.76 bits per heavy atom. The molecule has 17 heavy (non-hydrogen) atoms. The van der Waals surface area contributed by atoms with Gasteiger partial charge in [0.1, 0.15) is 5.82 Å². The van der Waals surface area contributed by atoms with Gasteiger partial charge in [0.2, 0.25) is 0 Å². The second kappa shape index (κ2) is 5.46. The van der Waals surface area contributed by atoms with Gasteiger partial charge in [-0.3, -0.25) is 5.43 Å². The van der Waals surface area contributed by atoms with E-state index in [1.54, 1.807) is 24.4 Å². The van der Waals surface area contributed by atoms with Gasteiger partial charge in [0.25, 0.3) is 0 Å². The highest BCUT2D eigenvalue weighted by Crippen LogP contribution is 2.20. The fraction of sp³-hybridized carbons (Fsp3) is 0. The van der Waals surface area contributed by atoms with Crippen LogP contribution >= 0.6 is 11.6 Å². The minimum absolute atomic E-state index is 0.263. The first kappa shape index (κ1) is 11.6. The lowest BCUT2D eigenvalue weighted by Gasteiger charge is -2.01. The molecule has 4 heteroatoms. The molecule has 2 rings (SSSR count). The van der Waals surface area contributed by atoms with Crippen molar-refractivity contribution in [2.45, 2.75) is 0 Å². The fourth-order valence-corrected chi connectivity index (χ4v) is 1.46. The summed E-state index contributed by atoms with van der Waals surface area (Å²) in [7, 11) is 0. The van der Waals surface area contributed by atoms with Gasteiger partial charge in [0.05, 0.1) is 16.9 Å². The van der Waals surface area contributed by atoms with Crippen molar-refractivity contribution in [1.82, 2.24) is 0 Å². The Hall–Kier alpha value is -1.87. The topological polar surface area (TPSA) is 24.4 Å². The van der Waals surface area contributed by atoms with E-state index in [-0.39, 0.29) is 5.82 Å². The van der Waals surface area contributed by atoms with Crippen LogP contribution in [0.4, 0.5) is 10.1 Å². The Labute approximate surface area is 104 Å². The average molecular weight is 249 g/mol. The number of nitrogens with zero attached hydrogens (tertiary/aromatic N) is 1. The summed E-state index contributed by atoms with van der Waals surface area (Å²) in [5.41, 5.74) is 4.36. The van der Waals surface area contributed by atoms with Crippen molar-refractivity contribution >= 4 is 23.5 Å². The van der Waals surface area contributed by atoms with Gasteiger partial charge in [-0.2, -0.15) is 5.10 Å². The van der Waals surface area contributed by atoms with Crippen molar-refractivity contribution in [3.63, 3.8) is 0 Å². The smallest absolute Gasteiger partial charge is 0.123 e. The van der Waals surface area contributed by atoms with E-state index in [4.69, 9.17) is 11.6 Å². The van der Waals surface area contributed by atoms with Gasteiger partial charge in [0.15, 0.2) is 0 Å². The van der Waals surface area contributed by atoms with Crippen LogP contribution in [0.2, 0.25) is 5.02 Å². The van der Waals surface area contributed by atoms with Crippen LogP contribution in [0.15, 0.2) is 53.6 Å². The standard InChI is InChI=1S/C13H10ClFN2/c14-12-3-1-2-4-13(12)17-16-9-10-5-7-11(15)8-6-10/h1-9,17H/b16-9-. The van der Waals surface area contributed by atoms with Gasteiger partial charge in [0, 0.05) is 0 Å². The molecule has 0 bridgehead atoms. The summed E-state index contributed by atoms with van der Waals surface area (Å²) in [6, 6.07) is 13.4. The van der Waals surface area contributed by atoms with Crippen LogP contribution < -0.4 is 5.43 Å². The van der Waals surface area contributed by atoms with Crippen LogP contribution in [0.25, 0.3) is 0 Å². The Bertz CT molecular complexity index is 523. The van der Waals surface area contributed by atoms with E-state index in [1.165, 1.54) is 12.1 Å². The molecule has 0 atom stereocenters. The van der Waals surface area contributed by atoms with Crippen molar-refractivity contribution in [3.05, 3.63) is 64.9 Å². The number of halogens is 2. The third-order valence-electron chi connectivity index (χ3n) is 2.14. The number of para-hydroxylation sites is 1. The minimum atomic E-state index is -0.263. The van der Waals surface area contributed by atoms with E-state index >= 15 is 0 Å². The van der Waals surface area contributed by atoms with Gasteiger partial charge in [-0.1, -0.05) is 35.9 Å². The second-order valence-corrected chi connectivity index (χ2v) is 3.81. The molecule has 0 amide bonds.